The lowest BCUT2D eigenvalue weighted by molar-refractivity contribution is -0.562. The van der Waals surface area contributed by atoms with Crippen LogP contribution >= 0.6 is 22.9 Å². The minimum atomic E-state index is 0.767. The van der Waals surface area contributed by atoms with Gasteiger partial charge in [0.15, 0.2) is 0 Å². The van der Waals surface area contributed by atoms with Gasteiger partial charge in [0.05, 0.1) is 0 Å². The van der Waals surface area contributed by atoms with E-state index < -0.39 is 0 Å². The Hall–Kier alpha value is -1.38. The number of thiazole rings is 1. The van der Waals surface area contributed by atoms with Crippen LogP contribution in [0.4, 0.5) is 0 Å². The molecule has 1 nitrogen and oxygen atoms in total. The Bertz CT molecular complexity index is 628. The van der Waals surface area contributed by atoms with Crippen LogP contribution in [0.3, 0.4) is 0 Å². The van der Waals surface area contributed by atoms with Crippen LogP contribution in [0.5, 0.6) is 0 Å². The molecule has 3 heteroatoms. The summed E-state index contributed by atoms with van der Waals surface area (Å²) in [5, 5.41) is 0.767. The van der Waals surface area contributed by atoms with Crippen molar-refractivity contribution in [2.24, 2.45) is 0 Å². The van der Waals surface area contributed by atoms with Gasteiger partial charge in [-0.3, -0.25) is 0 Å². The molecular formula is C13H9ClNS+. The second-order valence-corrected chi connectivity index (χ2v) is 4.86. The van der Waals surface area contributed by atoms with Crippen LogP contribution < -0.4 is 4.57 Å². The molecule has 0 saturated carbocycles. The highest BCUT2D eigenvalue weighted by Gasteiger charge is 2.13. The minimum Gasteiger partial charge on any atom is -0.150 e. The molecule has 0 aliphatic heterocycles. The molecule has 0 amide bonds. The zero-order valence-electron chi connectivity index (χ0n) is 8.43. The van der Waals surface area contributed by atoms with Gasteiger partial charge in [-0.2, -0.15) is 0 Å². The molecule has 0 unspecified atom stereocenters. The van der Waals surface area contributed by atoms with E-state index in [1.54, 1.807) is 11.3 Å². The van der Waals surface area contributed by atoms with E-state index in [-0.39, 0.29) is 0 Å². The third-order valence-electron chi connectivity index (χ3n) is 2.51. The largest absolute Gasteiger partial charge is 0.231 e. The number of hydrogen-bond donors (Lipinski definition) is 0. The standard InChI is InChI=1S/C13H9ClNS/c14-10-5-7-11(8-6-10)15-9-16-13-4-2-1-3-12(13)15/h1-9H/q+1. The van der Waals surface area contributed by atoms with Crippen molar-refractivity contribution in [3.05, 3.63) is 59.1 Å². The quantitative estimate of drug-likeness (QED) is 0.575. The van der Waals surface area contributed by atoms with E-state index in [2.05, 4.69) is 34.3 Å². The van der Waals surface area contributed by atoms with Gasteiger partial charge in [-0.05, 0) is 18.2 Å². The summed E-state index contributed by atoms with van der Waals surface area (Å²) in [6, 6.07) is 16.3. The number of benzene rings is 2. The van der Waals surface area contributed by atoms with E-state index in [1.807, 2.05) is 24.3 Å². The van der Waals surface area contributed by atoms with Crippen LogP contribution in [0.15, 0.2) is 54.0 Å². The summed E-state index contributed by atoms with van der Waals surface area (Å²) >= 11 is 7.63. The molecule has 0 radical (unpaired) electrons. The fourth-order valence-corrected chi connectivity index (χ4v) is 2.75. The van der Waals surface area contributed by atoms with Crippen molar-refractivity contribution in [1.82, 2.24) is 0 Å². The highest BCUT2D eigenvalue weighted by atomic mass is 35.5. The number of halogens is 1. The molecule has 0 bridgehead atoms. The SMILES string of the molecule is Clc1ccc(-[n+]2csc3ccccc32)cc1. The summed E-state index contributed by atoms with van der Waals surface area (Å²) in [7, 11) is 0. The number of nitrogens with zero attached hydrogens (tertiary/aromatic N) is 1. The van der Waals surface area contributed by atoms with E-state index in [9.17, 15) is 0 Å². The molecule has 3 aromatic rings. The highest BCUT2D eigenvalue weighted by Crippen LogP contribution is 2.18. The molecular weight excluding hydrogens is 238 g/mol. The first-order chi connectivity index (χ1) is 7.84. The predicted molar refractivity (Wildman–Crippen MR) is 68.4 cm³/mol. The van der Waals surface area contributed by atoms with E-state index in [1.165, 1.54) is 10.2 Å². The molecule has 0 atom stereocenters. The fraction of sp³-hybridized carbons (Fsp3) is 0. The summed E-state index contributed by atoms with van der Waals surface area (Å²) in [5.74, 6) is 0. The Balaban J connectivity index is 2.22. The Morgan fingerprint density at radius 3 is 2.50 bits per heavy atom. The van der Waals surface area contributed by atoms with Crippen molar-refractivity contribution in [2.45, 2.75) is 0 Å². The lowest BCUT2D eigenvalue weighted by Gasteiger charge is -1.93. The van der Waals surface area contributed by atoms with E-state index in [4.69, 9.17) is 11.6 Å². The number of para-hydroxylation sites is 1. The Labute approximate surface area is 103 Å². The maximum absolute atomic E-state index is 5.88. The number of aromatic nitrogens is 1. The third kappa shape index (κ3) is 1.60. The molecule has 1 heterocycles. The molecule has 2 aromatic carbocycles. The first-order valence-electron chi connectivity index (χ1n) is 4.98. The van der Waals surface area contributed by atoms with E-state index in [0.29, 0.717) is 0 Å². The molecule has 0 saturated heterocycles. The monoisotopic (exact) mass is 246 g/mol. The number of rotatable bonds is 1. The lowest BCUT2D eigenvalue weighted by Crippen LogP contribution is -2.27. The zero-order chi connectivity index (χ0) is 11.0. The van der Waals surface area contributed by atoms with Crippen LogP contribution in [0.2, 0.25) is 5.02 Å². The molecule has 3 rings (SSSR count). The Morgan fingerprint density at radius 2 is 1.69 bits per heavy atom. The molecule has 0 aliphatic rings. The second kappa shape index (κ2) is 3.89. The van der Waals surface area contributed by atoms with Gasteiger partial charge in [0, 0.05) is 23.2 Å². The highest BCUT2D eigenvalue weighted by molar-refractivity contribution is 7.16. The molecule has 78 valence electrons. The summed E-state index contributed by atoms with van der Waals surface area (Å²) in [4.78, 5) is 0. The summed E-state index contributed by atoms with van der Waals surface area (Å²) < 4.78 is 3.47. The summed E-state index contributed by atoms with van der Waals surface area (Å²) in [5.41, 5.74) is 4.49. The fourth-order valence-electron chi connectivity index (χ4n) is 1.72. The van der Waals surface area contributed by atoms with Crippen molar-refractivity contribution < 1.29 is 4.57 Å². The van der Waals surface area contributed by atoms with Gasteiger partial charge in [-0.1, -0.05) is 35.1 Å². The third-order valence-corrected chi connectivity index (χ3v) is 3.68. The van der Waals surface area contributed by atoms with Crippen molar-refractivity contribution >= 4 is 33.2 Å². The Morgan fingerprint density at radius 1 is 0.938 bits per heavy atom. The van der Waals surface area contributed by atoms with E-state index in [0.717, 1.165) is 10.7 Å². The van der Waals surface area contributed by atoms with Crippen LogP contribution in [-0.2, 0) is 0 Å². The smallest absolute Gasteiger partial charge is 0.150 e. The average molecular weight is 247 g/mol. The van der Waals surface area contributed by atoms with Gasteiger partial charge in [0.25, 0.3) is 0 Å². The van der Waals surface area contributed by atoms with Gasteiger partial charge in [-0.15, -0.1) is 4.57 Å². The predicted octanol–water partition coefficient (Wildman–Crippen LogP) is 3.83. The minimum absolute atomic E-state index is 0.767. The van der Waals surface area contributed by atoms with E-state index >= 15 is 0 Å². The van der Waals surface area contributed by atoms with Crippen molar-refractivity contribution in [3.8, 4) is 5.69 Å². The maximum atomic E-state index is 5.88. The van der Waals surface area contributed by atoms with Gasteiger partial charge < -0.3 is 0 Å². The molecule has 0 spiro atoms. The number of hydrogen-bond acceptors (Lipinski definition) is 1. The Kier molecular flexibility index (Phi) is 2.39. The van der Waals surface area contributed by atoms with Crippen molar-refractivity contribution in [1.29, 1.82) is 0 Å². The maximum Gasteiger partial charge on any atom is 0.231 e. The zero-order valence-corrected chi connectivity index (χ0v) is 10.0. The molecule has 16 heavy (non-hydrogen) atoms. The van der Waals surface area contributed by atoms with Crippen molar-refractivity contribution in [3.63, 3.8) is 0 Å². The van der Waals surface area contributed by atoms with Gasteiger partial charge >= 0.3 is 0 Å². The van der Waals surface area contributed by atoms with Crippen LogP contribution in [0.25, 0.3) is 15.9 Å². The molecule has 1 aromatic heterocycles. The summed E-state index contributed by atoms with van der Waals surface area (Å²) in [6.45, 7) is 0. The van der Waals surface area contributed by atoms with Crippen LogP contribution in [0.1, 0.15) is 0 Å². The van der Waals surface area contributed by atoms with Gasteiger partial charge in [0.1, 0.15) is 4.70 Å². The van der Waals surface area contributed by atoms with Gasteiger partial charge in [0.2, 0.25) is 16.7 Å². The van der Waals surface area contributed by atoms with Crippen molar-refractivity contribution in [2.75, 3.05) is 0 Å². The van der Waals surface area contributed by atoms with Crippen LogP contribution in [0, 0.1) is 0 Å². The lowest BCUT2D eigenvalue weighted by atomic mass is 10.3. The average Bonchev–Trinajstić information content (AvgIpc) is 2.74. The topological polar surface area (TPSA) is 3.88 Å². The second-order valence-electron chi connectivity index (χ2n) is 3.54. The normalized spacial score (nSPS) is 10.8. The van der Waals surface area contributed by atoms with Crippen LogP contribution in [-0.4, -0.2) is 0 Å². The first kappa shape index (κ1) is 9.82. The molecule has 0 N–H and O–H groups in total. The molecule has 0 aliphatic carbocycles. The summed E-state index contributed by atoms with van der Waals surface area (Å²) in [6.07, 6.45) is 0. The molecule has 0 fully saturated rings. The first-order valence-corrected chi connectivity index (χ1v) is 6.24. The number of fused-ring (bicyclic) bond motifs is 1. The van der Waals surface area contributed by atoms with Gasteiger partial charge in [-0.25, -0.2) is 0 Å².